The number of quaternary nitrogens is 2. The van der Waals surface area contributed by atoms with E-state index in [1.54, 1.807) is 20.8 Å². The van der Waals surface area contributed by atoms with Gasteiger partial charge in [-0.25, -0.2) is 4.39 Å². The van der Waals surface area contributed by atoms with Gasteiger partial charge < -0.3 is 10.4 Å². The van der Waals surface area contributed by atoms with E-state index in [4.69, 9.17) is 20.8 Å². The van der Waals surface area contributed by atoms with Gasteiger partial charge in [-0.1, -0.05) is 20.8 Å². The number of benzene rings is 1. The molecule has 1 aromatic carbocycles. The fraction of sp³-hybridized carbons (Fsp3) is 0.455. The molecular formula is C11H17FN2O6. The van der Waals surface area contributed by atoms with Crippen LogP contribution >= 0.6 is 0 Å². The normalized spacial score (nSPS) is 13.7. The Morgan fingerprint density at radius 3 is 1.90 bits per heavy atom. The lowest BCUT2D eigenvalue weighted by molar-refractivity contribution is -0.258. The minimum Gasteiger partial charge on any atom is -0.559 e. The van der Waals surface area contributed by atoms with Crippen LogP contribution in [0.5, 0.6) is 0 Å². The van der Waals surface area contributed by atoms with Gasteiger partial charge >= 0.3 is 0 Å². The van der Waals surface area contributed by atoms with Crippen molar-refractivity contribution in [2.24, 2.45) is 5.41 Å². The molecule has 1 aromatic rings. The molecule has 0 amide bonds. The molecule has 8 nitrogen and oxygen atoms in total. The van der Waals surface area contributed by atoms with E-state index in [0.29, 0.717) is 6.07 Å². The molecule has 0 radical (unpaired) electrons. The van der Waals surface area contributed by atoms with Crippen molar-refractivity contribution >= 4 is 11.4 Å². The summed E-state index contributed by atoms with van der Waals surface area (Å²) < 4.78 is 13.7. The van der Waals surface area contributed by atoms with Crippen molar-refractivity contribution in [3.63, 3.8) is 0 Å². The predicted octanol–water partition coefficient (Wildman–Crippen LogP) is 2.58. The molecule has 4 N–H and O–H groups in total. The molecule has 0 heterocycles. The zero-order chi connectivity index (χ0) is 15.9. The highest BCUT2D eigenvalue weighted by Crippen LogP contribution is 2.39. The molecule has 20 heavy (non-hydrogen) atoms. The van der Waals surface area contributed by atoms with Gasteiger partial charge in [-0.15, -0.1) is 0 Å². The molecule has 0 aliphatic carbocycles. The Balaban J connectivity index is 3.65. The van der Waals surface area contributed by atoms with E-state index in [9.17, 15) is 14.8 Å². The first kappa shape index (κ1) is 16.9. The summed E-state index contributed by atoms with van der Waals surface area (Å²) >= 11 is 0. The van der Waals surface area contributed by atoms with Gasteiger partial charge in [0.1, 0.15) is 0 Å². The molecule has 0 saturated carbocycles. The molecule has 9 heteroatoms. The van der Waals surface area contributed by atoms with Crippen LogP contribution in [0.3, 0.4) is 0 Å². The van der Waals surface area contributed by atoms with Gasteiger partial charge in [0, 0.05) is 6.07 Å². The zero-order valence-corrected chi connectivity index (χ0v) is 11.2. The third-order valence-electron chi connectivity index (χ3n) is 2.52. The third kappa shape index (κ3) is 3.91. The molecule has 0 fully saturated rings. The van der Waals surface area contributed by atoms with E-state index in [1.807, 2.05) is 0 Å². The lowest BCUT2D eigenvalue weighted by atomic mass is 9.86. The van der Waals surface area contributed by atoms with E-state index in [-0.39, 0.29) is 6.42 Å². The van der Waals surface area contributed by atoms with Crippen LogP contribution in [0.15, 0.2) is 12.1 Å². The summed E-state index contributed by atoms with van der Waals surface area (Å²) in [5.41, 5.74) is -2.99. The monoisotopic (exact) mass is 292 g/mol. The van der Waals surface area contributed by atoms with Crippen molar-refractivity contribution in [3.05, 3.63) is 33.9 Å². The van der Waals surface area contributed by atoms with E-state index in [0.717, 1.165) is 6.07 Å². The maximum absolute atomic E-state index is 13.7. The molecule has 0 saturated heterocycles. The second-order valence-corrected chi connectivity index (χ2v) is 5.72. The van der Waals surface area contributed by atoms with Gasteiger partial charge in [-0.3, -0.25) is 0 Å². The molecule has 0 bridgehead atoms. The fourth-order valence-corrected chi connectivity index (χ4v) is 1.89. The van der Waals surface area contributed by atoms with Gasteiger partial charge in [0.25, 0.3) is 0 Å². The standard InChI is InChI=1S/C11H17FN2O6/c1-11(2,3)6-7-9(13(15,16)17)5-4-8(12)10(7)14(18,19)20/h4-5,15-16,18-19H,6H2,1-3H3. The topological polar surface area (TPSA) is 127 Å². The Hall–Kier alpha value is -1.17. The highest BCUT2D eigenvalue weighted by Gasteiger charge is 2.36. The molecule has 0 unspecified atom stereocenters. The van der Waals surface area contributed by atoms with E-state index in [1.165, 1.54) is 0 Å². The minimum absolute atomic E-state index is 0.165. The molecular weight excluding hydrogens is 275 g/mol. The van der Waals surface area contributed by atoms with Crippen LogP contribution in [0.4, 0.5) is 15.8 Å². The molecule has 0 aliphatic rings. The average molecular weight is 292 g/mol. The Kier molecular flexibility index (Phi) is 4.21. The largest absolute Gasteiger partial charge is 0.559 e. The fourth-order valence-electron chi connectivity index (χ4n) is 1.89. The van der Waals surface area contributed by atoms with Crippen LogP contribution < -0.4 is 9.95 Å². The third-order valence-corrected chi connectivity index (χ3v) is 2.52. The predicted molar refractivity (Wildman–Crippen MR) is 67.0 cm³/mol. The summed E-state index contributed by atoms with van der Waals surface area (Å²) in [6.45, 7) is 5.02. The summed E-state index contributed by atoms with van der Waals surface area (Å²) in [5.74, 6) is -1.28. The maximum atomic E-state index is 13.7. The van der Waals surface area contributed by atoms with Gasteiger partial charge in [-0.2, -0.15) is 20.8 Å². The van der Waals surface area contributed by atoms with Crippen LogP contribution in [0.25, 0.3) is 0 Å². The summed E-state index contributed by atoms with van der Waals surface area (Å²) in [6, 6.07) is 1.34. The van der Waals surface area contributed by atoms with Crippen molar-refractivity contribution in [2.75, 3.05) is 0 Å². The van der Waals surface area contributed by atoms with Crippen LogP contribution in [0.1, 0.15) is 26.3 Å². The van der Waals surface area contributed by atoms with E-state index in [2.05, 4.69) is 0 Å². The Morgan fingerprint density at radius 1 is 1.05 bits per heavy atom. The summed E-state index contributed by atoms with van der Waals surface area (Å²) in [7, 11) is 0. The SMILES string of the molecule is CC(C)(C)Cc1c([N+]([O-])(O)O)ccc(F)c1[N+]([O-])(O)O. The average Bonchev–Trinajstić information content (AvgIpc) is 2.09. The molecule has 0 aliphatic heterocycles. The van der Waals surface area contributed by atoms with Crippen LogP contribution in [-0.2, 0) is 6.42 Å². The highest BCUT2D eigenvalue weighted by molar-refractivity contribution is 5.63. The molecule has 0 spiro atoms. The first-order chi connectivity index (χ1) is 8.73. The summed E-state index contributed by atoms with van der Waals surface area (Å²) in [5, 5.41) is 58.8. The molecule has 1 rings (SSSR count). The maximum Gasteiger partial charge on any atom is 0.245 e. The first-order valence-electron chi connectivity index (χ1n) is 5.67. The van der Waals surface area contributed by atoms with Crippen molar-refractivity contribution in [2.45, 2.75) is 27.2 Å². The second kappa shape index (κ2) is 4.98. The van der Waals surface area contributed by atoms with Gasteiger partial charge in [-0.05, 0) is 27.8 Å². The smallest absolute Gasteiger partial charge is 0.245 e. The Morgan fingerprint density at radius 2 is 1.55 bits per heavy atom. The number of hydrogen-bond acceptors (Lipinski definition) is 6. The number of hydrogen-bond donors (Lipinski definition) is 4. The molecule has 0 aromatic heterocycles. The van der Waals surface area contributed by atoms with Crippen LogP contribution in [0.2, 0.25) is 0 Å². The Labute approximate surface area is 114 Å². The quantitative estimate of drug-likeness (QED) is 0.501. The van der Waals surface area contributed by atoms with Crippen molar-refractivity contribution < 1.29 is 25.2 Å². The first-order valence-corrected chi connectivity index (χ1v) is 5.67. The second-order valence-electron chi connectivity index (χ2n) is 5.72. The zero-order valence-electron chi connectivity index (χ0n) is 11.2. The molecule has 0 atom stereocenters. The number of halogens is 1. The summed E-state index contributed by atoms with van der Waals surface area (Å²) in [4.78, 5) is -6.01. The van der Waals surface area contributed by atoms with Gasteiger partial charge in [0.15, 0.2) is 5.82 Å². The van der Waals surface area contributed by atoms with E-state index >= 15 is 0 Å². The number of nitrogens with zero attached hydrogens (tertiary/aromatic N) is 2. The Bertz CT molecular complexity index is 501. The van der Waals surface area contributed by atoms with Crippen molar-refractivity contribution in [3.8, 4) is 0 Å². The lowest BCUT2D eigenvalue weighted by Gasteiger charge is -2.31. The lowest BCUT2D eigenvalue weighted by Crippen LogP contribution is -2.40. The van der Waals surface area contributed by atoms with Crippen molar-refractivity contribution in [1.82, 2.24) is 9.95 Å². The molecule has 114 valence electrons. The van der Waals surface area contributed by atoms with Crippen molar-refractivity contribution in [1.29, 1.82) is 0 Å². The van der Waals surface area contributed by atoms with Gasteiger partial charge in [0.2, 0.25) is 11.4 Å². The van der Waals surface area contributed by atoms with Crippen LogP contribution in [-0.4, -0.2) is 20.8 Å². The summed E-state index contributed by atoms with van der Waals surface area (Å²) in [6.07, 6.45) is -0.165. The minimum atomic E-state index is -3.11. The highest BCUT2D eigenvalue weighted by atomic mass is 19.1. The van der Waals surface area contributed by atoms with Crippen LogP contribution in [0, 0.1) is 21.6 Å². The van der Waals surface area contributed by atoms with E-state index < -0.39 is 38.1 Å². The van der Waals surface area contributed by atoms with Gasteiger partial charge in [0.05, 0.1) is 5.56 Å². The number of rotatable bonds is 3.